The van der Waals surface area contributed by atoms with Crippen molar-refractivity contribution in [3.63, 3.8) is 0 Å². The number of carbonyl (C=O) groups is 3. The summed E-state index contributed by atoms with van der Waals surface area (Å²) in [7, 11) is 0. The van der Waals surface area contributed by atoms with Crippen LogP contribution in [0.15, 0.2) is 24.3 Å². The first-order valence-electron chi connectivity index (χ1n) is 9.83. The molecule has 2 bridgehead atoms. The molecule has 1 aromatic carbocycles. The SMILES string of the molecule is O=C(COC(=O)C1C[C@H]2CCC[C@@H](C1)C2=O)N[C@H]1CCOc2ccccc21. The Morgan fingerprint density at radius 2 is 1.85 bits per heavy atom. The average Bonchev–Trinajstić information content (AvgIpc) is 2.66. The van der Waals surface area contributed by atoms with Gasteiger partial charge in [-0.25, -0.2) is 0 Å². The normalized spacial score (nSPS) is 29.3. The third kappa shape index (κ3) is 3.84. The van der Waals surface area contributed by atoms with Gasteiger partial charge in [0.05, 0.1) is 18.6 Å². The fourth-order valence-corrected chi connectivity index (χ4v) is 4.65. The van der Waals surface area contributed by atoms with Gasteiger partial charge in [-0.15, -0.1) is 0 Å². The number of Topliss-reactive ketones (excluding diaryl/α,β-unsaturated/α-hetero) is 1. The number of ketones is 1. The largest absolute Gasteiger partial charge is 0.493 e. The first-order chi connectivity index (χ1) is 13.1. The minimum atomic E-state index is -0.345. The summed E-state index contributed by atoms with van der Waals surface area (Å²) in [5.41, 5.74) is 0.946. The van der Waals surface area contributed by atoms with Gasteiger partial charge in [0.1, 0.15) is 11.5 Å². The molecule has 2 fully saturated rings. The second-order valence-electron chi connectivity index (χ2n) is 7.80. The minimum absolute atomic E-state index is 0.00242. The summed E-state index contributed by atoms with van der Waals surface area (Å²) in [4.78, 5) is 36.8. The van der Waals surface area contributed by atoms with E-state index in [4.69, 9.17) is 9.47 Å². The van der Waals surface area contributed by atoms with Gasteiger partial charge in [-0.2, -0.15) is 0 Å². The number of para-hydroxylation sites is 1. The van der Waals surface area contributed by atoms with Gasteiger partial charge in [-0.3, -0.25) is 14.4 Å². The Morgan fingerprint density at radius 1 is 1.11 bits per heavy atom. The minimum Gasteiger partial charge on any atom is -0.493 e. The lowest BCUT2D eigenvalue weighted by atomic mass is 9.67. The van der Waals surface area contributed by atoms with Crippen molar-refractivity contribution in [1.82, 2.24) is 5.32 Å². The van der Waals surface area contributed by atoms with Gasteiger partial charge in [0.2, 0.25) is 0 Å². The molecule has 6 heteroatoms. The predicted molar refractivity (Wildman–Crippen MR) is 97.0 cm³/mol. The summed E-state index contributed by atoms with van der Waals surface area (Å²) in [5, 5.41) is 2.93. The predicted octanol–water partition coefficient (Wildman–Crippen LogP) is 2.57. The van der Waals surface area contributed by atoms with Crippen LogP contribution in [0.3, 0.4) is 0 Å². The quantitative estimate of drug-likeness (QED) is 0.823. The van der Waals surface area contributed by atoms with E-state index in [2.05, 4.69) is 5.32 Å². The summed E-state index contributed by atoms with van der Waals surface area (Å²) in [6.45, 7) is 0.263. The molecule has 1 heterocycles. The zero-order chi connectivity index (χ0) is 18.8. The topological polar surface area (TPSA) is 81.7 Å². The molecule has 0 radical (unpaired) electrons. The molecule has 144 valence electrons. The third-order valence-corrected chi connectivity index (χ3v) is 6.02. The molecule has 1 unspecified atom stereocenters. The second-order valence-corrected chi connectivity index (χ2v) is 7.80. The van der Waals surface area contributed by atoms with Gasteiger partial charge in [0.25, 0.3) is 5.91 Å². The van der Waals surface area contributed by atoms with Gasteiger partial charge < -0.3 is 14.8 Å². The van der Waals surface area contributed by atoms with Crippen molar-refractivity contribution < 1.29 is 23.9 Å². The Balaban J connectivity index is 1.29. The van der Waals surface area contributed by atoms with Gasteiger partial charge >= 0.3 is 5.97 Å². The molecule has 1 amide bonds. The van der Waals surface area contributed by atoms with E-state index in [1.165, 1.54) is 0 Å². The smallest absolute Gasteiger partial charge is 0.309 e. The molecule has 1 aliphatic heterocycles. The highest BCUT2D eigenvalue weighted by Crippen LogP contribution is 2.40. The Morgan fingerprint density at radius 3 is 2.63 bits per heavy atom. The number of hydrogen-bond acceptors (Lipinski definition) is 5. The van der Waals surface area contributed by atoms with Crippen LogP contribution in [0.2, 0.25) is 0 Å². The lowest BCUT2D eigenvalue weighted by Gasteiger charge is -2.36. The van der Waals surface area contributed by atoms with Crippen molar-refractivity contribution in [3.05, 3.63) is 29.8 Å². The molecular weight excluding hydrogens is 346 g/mol. The number of esters is 1. The standard InChI is InChI=1S/C21H25NO5/c23-19(22-17-8-9-26-18-7-2-1-6-16(17)18)12-27-21(25)15-10-13-4-3-5-14(11-15)20(13)24/h1-2,6-7,13-15,17H,3-5,8-12H2,(H,22,23)/t13-,14+,15?,17-/m0/s1. The molecule has 1 aromatic rings. The molecule has 1 N–H and O–H groups in total. The van der Waals surface area contributed by atoms with Crippen LogP contribution < -0.4 is 10.1 Å². The Hall–Kier alpha value is -2.37. The van der Waals surface area contributed by atoms with Crippen LogP contribution in [0.25, 0.3) is 0 Å². The van der Waals surface area contributed by atoms with E-state index >= 15 is 0 Å². The summed E-state index contributed by atoms with van der Waals surface area (Å²) in [6.07, 6.45) is 4.65. The third-order valence-electron chi connectivity index (χ3n) is 6.02. The van der Waals surface area contributed by atoms with Crippen LogP contribution >= 0.6 is 0 Å². The molecule has 2 aliphatic carbocycles. The summed E-state index contributed by atoms with van der Waals surface area (Å²) in [5.74, 6) is 0.199. The van der Waals surface area contributed by atoms with Crippen molar-refractivity contribution in [1.29, 1.82) is 0 Å². The zero-order valence-electron chi connectivity index (χ0n) is 15.3. The maximum absolute atomic E-state index is 12.4. The van der Waals surface area contributed by atoms with Crippen molar-refractivity contribution in [2.24, 2.45) is 17.8 Å². The summed E-state index contributed by atoms with van der Waals surface area (Å²) in [6, 6.07) is 7.49. The van der Waals surface area contributed by atoms with Gasteiger partial charge in [-0.1, -0.05) is 24.6 Å². The molecule has 0 spiro atoms. The molecule has 2 saturated carbocycles. The molecule has 3 aliphatic rings. The van der Waals surface area contributed by atoms with Crippen LogP contribution in [0.1, 0.15) is 50.1 Å². The van der Waals surface area contributed by atoms with Gasteiger partial charge in [-0.05, 0) is 31.7 Å². The number of amides is 1. The lowest BCUT2D eigenvalue weighted by molar-refractivity contribution is -0.156. The molecule has 0 aromatic heterocycles. The fourth-order valence-electron chi connectivity index (χ4n) is 4.65. The van der Waals surface area contributed by atoms with Crippen molar-refractivity contribution in [2.45, 2.75) is 44.6 Å². The van der Waals surface area contributed by atoms with Crippen LogP contribution in [-0.2, 0) is 19.1 Å². The zero-order valence-corrected chi connectivity index (χ0v) is 15.3. The number of carbonyl (C=O) groups excluding carboxylic acids is 3. The Bertz CT molecular complexity index is 730. The number of fused-ring (bicyclic) bond motifs is 3. The van der Waals surface area contributed by atoms with Crippen LogP contribution in [0.4, 0.5) is 0 Å². The molecule has 27 heavy (non-hydrogen) atoms. The van der Waals surface area contributed by atoms with Crippen LogP contribution in [0.5, 0.6) is 5.75 Å². The van der Waals surface area contributed by atoms with Crippen molar-refractivity contribution in [2.75, 3.05) is 13.2 Å². The molecular formula is C21H25NO5. The van der Waals surface area contributed by atoms with E-state index < -0.39 is 0 Å². The number of ether oxygens (including phenoxy) is 2. The number of hydrogen-bond donors (Lipinski definition) is 1. The highest BCUT2D eigenvalue weighted by atomic mass is 16.5. The summed E-state index contributed by atoms with van der Waals surface area (Å²) >= 11 is 0. The van der Waals surface area contributed by atoms with E-state index in [0.717, 1.165) is 30.6 Å². The van der Waals surface area contributed by atoms with E-state index in [9.17, 15) is 14.4 Å². The maximum atomic E-state index is 12.4. The highest BCUT2D eigenvalue weighted by Gasteiger charge is 2.41. The van der Waals surface area contributed by atoms with E-state index in [-0.39, 0.29) is 42.3 Å². The number of nitrogens with one attached hydrogen (secondary N) is 1. The monoisotopic (exact) mass is 371 g/mol. The highest BCUT2D eigenvalue weighted by molar-refractivity contribution is 5.88. The molecule has 4 rings (SSSR count). The first-order valence-corrected chi connectivity index (χ1v) is 9.83. The Kier molecular flexibility index (Phi) is 5.14. The van der Waals surface area contributed by atoms with E-state index in [0.29, 0.717) is 31.7 Å². The van der Waals surface area contributed by atoms with Crippen LogP contribution in [0, 0.1) is 17.8 Å². The first kappa shape index (κ1) is 18.0. The average molecular weight is 371 g/mol. The number of rotatable bonds is 4. The molecule has 4 atom stereocenters. The van der Waals surface area contributed by atoms with Gasteiger partial charge in [0, 0.05) is 23.8 Å². The fraction of sp³-hybridized carbons (Fsp3) is 0.571. The van der Waals surface area contributed by atoms with Crippen molar-refractivity contribution in [3.8, 4) is 5.75 Å². The number of benzene rings is 1. The second kappa shape index (κ2) is 7.71. The van der Waals surface area contributed by atoms with Crippen molar-refractivity contribution >= 4 is 17.7 Å². The molecule has 6 nitrogen and oxygen atoms in total. The molecule has 0 saturated heterocycles. The van der Waals surface area contributed by atoms with E-state index in [1.807, 2.05) is 24.3 Å². The summed E-state index contributed by atoms with van der Waals surface area (Å²) < 4.78 is 10.9. The van der Waals surface area contributed by atoms with Gasteiger partial charge in [0.15, 0.2) is 6.61 Å². The van der Waals surface area contributed by atoms with Crippen LogP contribution in [-0.4, -0.2) is 30.9 Å². The maximum Gasteiger partial charge on any atom is 0.309 e. The lowest BCUT2D eigenvalue weighted by Crippen LogP contribution is -2.40. The van der Waals surface area contributed by atoms with E-state index in [1.54, 1.807) is 0 Å². The Labute approximate surface area is 158 Å².